The first-order chi connectivity index (χ1) is 9.69. The SMILES string of the molecule is CCNc1ncc(F)c(NC(C)CCc2ccco2)n1. The molecule has 0 saturated carbocycles. The molecule has 0 aromatic carbocycles. The Labute approximate surface area is 117 Å². The highest BCUT2D eigenvalue weighted by molar-refractivity contribution is 5.41. The number of hydrogen-bond donors (Lipinski definition) is 2. The van der Waals surface area contributed by atoms with Gasteiger partial charge in [0.2, 0.25) is 5.95 Å². The third-order valence-electron chi connectivity index (χ3n) is 2.87. The lowest BCUT2D eigenvalue weighted by atomic mass is 10.1. The average molecular weight is 278 g/mol. The van der Waals surface area contributed by atoms with Crippen molar-refractivity contribution >= 4 is 11.8 Å². The van der Waals surface area contributed by atoms with Gasteiger partial charge in [-0.2, -0.15) is 4.98 Å². The van der Waals surface area contributed by atoms with Crippen LogP contribution >= 0.6 is 0 Å². The van der Waals surface area contributed by atoms with E-state index in [1.807, 2.05) is 26.0 Å². The summed E-state index contributed by atoms with van der Waals surface area (Å²) in [5, 5.41) is 6.02. The van der Waals surface area contributed by atoms with Gasteiger partial charge in [0.05, 0.1) is 12.5 Å². The van der Waals surface area contributed by atoms with E-state index >= 15 is 0 Å². The molecule has 108 valence electrons. The maximum absolute atomic E-state index is 13.7. The minimum absolute atomic E-state index is 0.0824. The summed E-state index contributed by atoms with van der Waals surface area (Å²) in [5.74, 6) is 1.13. The van der Waals surface area contributed by atoms with Gasteiger partial charge in [-0.1, -0.05) is 0 Å². The van der Waals surface area contributed by atoms with Gasteiger partial charge in [-0.25, -0.2) is 9.37 Å². The Morgan fingerprint density at radius 1 is 1.45 bits per heavy atom. The molecule has 0 aliphatic rings. The first-order valence-electron chi connectivity index (χ1n) is 6.74. The van der Waals surface area contributed by atoms with Crippen LogP contribution in [0.1, 0.15) is 26.0 Å². The summed E-state index contributed by atoms with van der Waals surface area (Å²) in [5.41, 5.74) is 0. The fourth-order valence-corrected chi connectivity index (χ4v) is 1.83. The molecule has 0 fully saturated rings. The van der Waals surface area contributed by atoms with E-state index in [0.717, 1.165) is 18.6 Å². The molecule has 2 N–H and O–H groups in total. The lowest BCUT2D eigenvalue weighted by Gasteiger charge is -2.15. The van der Waals surface area contributed by atoms with Gasteiger partial charge in [-0.15, -0.1) is 0 Å². The summed E-state index contributed by atoms with van der Waals surface area (Å²) in [6.07, 6.45) is 4.45. The largest absolute Gasteiger partial charge is 0.469 e. The van der Waals surface area contributed by atoms with E-state index in [9.17, 15) is 4.39 Å². The first kappa shape index (κ1) is 14.3. The van der Waals surface area contributed by atoms with E-state index in [-0.39, 0.29) is 11.9 Å². The van der Waals surface area contributed by atoms with Crippen LogP contribution in [0.2, 0.25) is 0 Å². The molecular formula is C14H19FN4O. The number of halogens is 1. The minimum atomic E-state index is -0.448. The van der Waals surface area contributed by atoms with Crippen molar-refractivity contribution in [3.05, 3.63) is 36.2 Å². The lowest BCUT2D eigenvalue weighted by molar-refractivity contribution is 0.494. The zero-order chi connectivity index (χ0) is 14.4. The summed E-state index contributed by atoms with van der Waals surface area (Å²) in [6, 6.07) is 3.88. The maximum Gasteiger partial charge on any atom is 0.224 e. The molecule has 1 unspecified atom stereocenters. The van der Waals surface area contributed by atoms with Crippen molar-refractivity contribution in [2.75, 3.05) is 17.2 Å². The highest BCUT2D eigenvalue weighted by Crippen LogP contribution is 2.15. The van der Waals surface area contributed by atoms with E-state index in [2.05, 4.69) is 20.6 Å². The van der Waals surface area contributed by atoms with Crippen LogP contribution in [0.3, 0.4) is 0 Å². The lowest BCUT2D eigenvalue weighted by Crippen LogP contribution is -2.18. The molecule has 1 atom stereocenters. The first-order valence-corrected chi connectivity index (χ1v) is 6.74. The minimum Gasteiger partial charge on any atom is -0.469 e. The van der Waals surface area contributed by atoms with Gasteiger partial charge in [0, 0.05) is 19.0 Å². The van der Waals surface area contributed by atoms with Crippen LogP contribution in [0.15, 0.2) is 29.0 Å². The summed E-state index contributed by atoms with van der Waals surface area (Å²) in [7, 11) is 0. The predicted octanol–water partition coefficient (Wildman–Crippen LogP) is 3.07. The van der Waals surface area contributed by atoms with Gasteiger partial charge in [0.15, 0.2) is 11.6 Å². The quantitative estimate of drug-likeness (QED) is 0.815. The molecule has 0 amide bonds. The van der Waals surface area contributed by atoms with E-state index in [1.54, 1.807) is 6.26 Å². The molecule has 2 heterocycles. The van der Waals surface area contributed by atoms with Gasteiger partial charge < -0.3 is 15.1 Å². The van der Waals surface area contributed by atoms with Crippen molar-refractivity contribution in [1.82, 2.24) is 9.97 Å². The van der Waals surface area contributed by atoms with Crippen LogP contribution in [0.5, 0.6) is 0 Å². The van der Waals surface area contributed by atoms with Gasteiger partial charge in [0.1, 0.15) is 5.76 Å². The highest BCUT2D eigenvalue weighted by Gasteiger charge is 2.10. The van der Waals surface area contributed by atoms with Gasteiger partial charge >= 0.3 is 0 Å². The Bertz CT molecular complexity index is 530. The van der Waals surface area contributed by atoms with Crippen LogP contribution in [0.4, 0.5) is 16.2 Å². The smallest absolute Gasteiger partial charge is 0.224 e. The molecule has 0 saturated heterocycles. The van der Waals surface area contributed by atoms with Gasteiger partial charge in [-0.3, -0.25) is 0 Å². The molecule has 0 bridgehead atoms. The van der Waals surface area contributed by atoms with Crippen LogP contribution < -0.4 is 10.6 Å². The third kappa shape index (κ3) is 3.94. The van der Waals surface area contributed by atoms with E-state index in [1.165, 1.54) is 6.20 Å². The average Bonchev–Trinajstić information content (AvgIpc) is 2.94. The molecule has 0 aliphatic carbocycles. The van der Waals surface area contributed by atoms with E-state index in [4.69, 9.17) is 4.42 Å². The Kier molecular flexibility index (Phi) is 4.92. The number of nitrogens with one attached hydrogen (secondary N) is 2. The Morgan fingerprint density at radius 2 is 2.30 bits per heavy atom. The van der Waals surface area contributed by atoms with Crippen molar-refractivity contribution in [2.45, 2.75) is 32.7 Å². The topological polar surface area (TPSA) is 63.0 Å². The molecule has 0 radical (unpaired) electrons. The Morgan fingerprint density at radius 3 is 3.00 bits per heavy atom. The maximum atomic E-state index is 13.7. The standard InChI is InChI=1S/C14H19FN4O/c1-3-16-14-17-9-12(15)13(19-14)18-10(2)6-7-11-5-4-8-20-11/h4-5,8-10H,3,6-7H2,1-2H3,(H2,16,17,18,19). The monoisotopic (exact) mass is 278 g/mol. The number of rotatable bonds is 7. The highest BCUT2D eigenvalue weighted by atomic mass is 19.1. The third-order valence-corrected chi connectivity index (χ3v) is 2.87. The Hall–Kier alpha value is -2.11. The zero-order valence-electron chi connectivity index (χ0n) is 11.7. The molecule has 2 rings (SSSR count). The summed E-state index contributed by atoms with van der Waals surface area (Å²) in [6.45, 7) is 4.61. The van der Waals surface area contributed by atoms with E-state index in [0.29, 0.717) is 12.5 Å². The molecule has 6 heteroatoms. The second-order valence-electron chi connectivity index (χ2n) is 4.58. The number of furan rings is 1. The molecule has 0 spiro atoms. The van der Waals surface area contributed by atoms with Crippen molar-refractivity contribution in [1.29, 1.82) is 0 Å². The molecule has 2 aromatic rings. The fraction of sp³-hybridized carbons (Fsp3) is 0.429. The fourth-order valence-electron chi connectivity index (χ4n) is 1.83. The van der Waals surface area contributed by atoms with Gasteiger partial charge in [0.25, 0.3) is 0 Å². The number of hydrogen-bond acceptors (Lipinski definition) is 5. The number of aryl methyl sites for hydroxylation is 1. The number of nitrogens with zero attached hydrogens (tertiary/aromatic N) is 2. The normalized spacial score (nSPS) is 12.2. The number of aromatic nitrogens is 2. The zero-order valence-corrected chi connectivity index (χ0v) is 11.7. The predicted molar refractivity (Wildman–Crippen MR) is 76.3 cm³/mol. The van der Waals surface area contributed by atoms with Gasteiger partial charge in [-0.05, 0) is 32.4 Å². The second kappa shape index (κ2) is 6.88. The summed E-state index contributed by atoms with van der Waals surface area (Å²) >= 11 is 0. The molecular weight excluding hydrogens is 259 g/mol. The Balaban J connectivity index is 1.92. The van der Waals surface area contributed by atoms with Crippen molar-refractivity contribution in [3.8, 4) is 0 Å². The number of anilines is 2. The molecule has 2 aromatic heterocycles. The van der Waals surface area contributed by atoms with Crippen LogP contribution in [0, 0.1) is 5.82 Å². The molecule has 5 nitrogen and oxygen atoms in total. The second-order valence-corrected chi connectivity index (χ2v) is 4.58. The molecule has 0 aliphatic heterocycles. The summed E-state index contributed by atoms with van der Waals surface area (Å²) in [4.78, 5) is 7.99. The van der Waals surface area contributed by atoms with Crippen molar-refractivity contribution in [2.24, 2.45) is 0 Å². The van der Waals surface area contributed by atoms with Crippen LogP contribution in [0.25, 0.3) is 0 Å². The van der Waals surface area contributed by atoms with E-state index < -0.39 is 5.82 Å². The van der Waals surface area contributed by atoms with Crippen molar-refractivity contribution in [3.63, 3.8) is 0 Å². The van der Waals surface area contributed by atoms with Crippen molar-refractivity contribution < 1.29 is 8.81 Å². The van der Waals surface area contributed by atoms with Crippen LogP contribution in [-0.2, 0) is 6.42 Å². The molecule has 20 heavy (non-hydrogen) atoms. The van der Waals surface area contributed by atoms with Crippen LogP contribution in [-0.4, -0.2) is 22.6 Å². The summed E-state index contributed by atoms with van der Waals surface area (Å²) < 4.78 is 18.9.